The van der Waals surface area contributed by atoms with Crippen molar-refractivity contribution >= 4 is 52.6 Å². The molecule has 1 aliphatic rings. The van der Waals surface area contributed by atoms with Crippen molar-refractivity contribution in [1.29, 1.82) is 0 Å². The highest BCUT2D eigenvalue weighted by Gasteiger charge is 2.39. The predicted molar refractivity (Wildman–Crippen MR) is 242 cm³/mol. The van der Waals surface area contributed by atoms with Gasteiger partial charge in [-0.2, -0.15) is 0 Å². The highest BCUT2D eigenvalue weighted by atomic mass is 32.1. The monoisotopic (exact) mass is 902 g/mol. The first-order valence-corrected chi connectivity index (χ1v) is 23.4. The van der Waals surface area contributed by atoms with Crippen LogP contribution in [0.5, 0.6) is 0 Å². The maximum absolute atomic E-state index is 15.0. The molecule has 2 aromatic rings. The van der Waals surface area contributed by atoms with E-state index >= 15 is 0 Å². The van der Waals surface area contributed by atoms with Crippen molar-refractivity contribution in [2.45, 2.75) is 156 Å². The Bertz CT molecular complexity index is 1860. The van der Waals surface area contributed by atoms with Crippen LogP contribution in [0.15, 0.2) is 23.6 Å². The number of nitrogens with one attached hydrogen (secondary N) is 3. The molecule has 0 saturated carbocycles. The first-order chi connectivity index (χ1) is 29.7. The number of hydrogen-bond acceptors (Lipinski definition) is 11. The fourth-order valence-electron chi connectivity index (χ4n) is 7.99. The lowest BCUT2D eigenvalue weighted by Crippen LogP contribution is -2.59. The number of aromatic nitrogens is 1. The number of ether oxygens (including phenoxy) is 1. The molecule has 2 heterocycles. The van der Waals surface area contributed by atoms with Crippen molar-refractivity contribution in [3.8, 4) is 0 Å². The Morgan fingerprint density at radius 1 is 1.08 bits per heavy atom. The Morgan fingerprint density at radius 3 is 2.38 bits per heavy atom. The summed E-state index contributed by atoms with van der Waals surface area (Å²) in [6, 6.07) is 1.86. The van der Waals surface area contributed by atoms with Crippen molar-refractivity contribution in [1.82, 2.24) is 25.4 Å². The standard InChI is InChI=1S/C46H72FN7O8S/c1-10-12-13-15-21-54(44(59)40(29(5)11-2)52-42(58)36-17-14-16-20-53(36)9)37(28(3)4)24-38(62-30(6)55)43-51-35(27-63-43)41(57)49-32(25-46(7,8)45(60)61)22-31-18-19-34(33(47)23-31)50-39(56)26-48/h18-19,23,27-29,32,36-38,40H,10-17,20-22,24-26,48H2,1-9H3,(H,49,57)(H,50,56)(H,52,58)(H,60,61)/t29-,32-,36+,37+,38+,40-/m0/s1. The molecule has 1 aromatic heterocycles. The zero-order chi connectivity index (χ0) is 47.0. The molecule has 352 valence electrons. The van der Waals surface area contributed by atoms with Crippen LogP contribution in [0.1, 0.15) is 147 Å². The minimum Gasteiger partial charge on any atom is -0.481 e. The van der Waals surface area contributed by atoms with Gasteiger partial charge in [0.15, 0.2) is 6.10 Å². The van der Waals surface area contributed by atoms with Crippen LogP contribution in [0.4, 0.5) is 10.1 Å². The number of amides is 4. The quantitative estimate of drug-likeness (QED) is 0.0539. The van der Waals surface area contributed by atoms with E-state index in [0.29, 0.717) is 23.5 Å². The van der Waals surface area contributed by atoms with E-state index < -0.39 is 59.2 Å². The van der Waals surface area contributed by atoms with Crippen molar-refractivity contribution < 1.29 is 43.0 Å². The normalized spacial score (nSPS) is 16.9. The van der Waals surface area contributed by atoms with Gasteiger partial charge in [-0.3, -0.25) is 33.7 Å². The smallest absolute Gasteiger partial charge is 0.309 e. The highest BCUT2D eigenvalue weighted by Crippen LogP contribution is 2.33. The number of carbonyl (C=O) groups excluding carboxylic acids is 5. The van der Waals surface area contributed by atoms with E-state index in [2.05, 4.69) is 27.9 Å². The molecular formula is C46H72FN7O8S. The van der Waals surface area contributed by atoms with Crippen LogP contribution >= 0.6 is 11.3 Å². The lowest BCUT2D eigenvalue weighted by Gasteiger charge is -2.40. The van der Waals surface area contributed by atoms with E-state index in [1.807, 2.05) is 44.5 Å². The number of esters is 1. The maximum Gasteiger partial charge on any atom is 0.309 e. The first-order valence-electron chi connectivity index (χ1n) is 22.5. The number of likely N-dealkylation sites (N-methyl/N-ethyl adjacent to an activating group) is 1. The van der Waals surface area contributed by atoms with Crippen LogP contribution in [-0.2, 0) is 35.1 Å². The van der Waals surface area contributed by atoms with Crippen molar-refractivity contribution in [2.24, 2.45) is 23.0 Å². The summed E-state index contributed by atoms with van der Waals surface area (Å²) < 4.78 is 20.9. The minimum absolute atomic E-state index is 0.0112. The molecule has 1 saturated heterocycles. The molecule has 3 rings (SSSR count). The Labute approximate surface area is 376 Å². The van der Waals surface area contributed by atoms with Gasteiger partial charge < -0.3 is 36.4 Å². The number of anilines is 1. The summed E-state index contributed by atoms with van der Waals surface area (Å²) in [6.45, 7) is 15.4. The van der Waals surface area contributed by atoms with Crippen LogP contribution in [0.25, 0.3) is 0 Å². The highest BCUT2D eigenvalue weighted by molar-refractivity contribution is 7.09. The van der Waals surface area contributed by atoms with E-state index in [9.17, 15) is 38.3 Å². The van der Waals surface area contributed by atoms with Gasteiger partial charge in [0.2, 0.25) is 17.7 Å². The number of piperidine rings is 1. The van der Waals surface area contributed by atoms with Gasteiger partial charge in [-0.15, -0.1) is 11.3 Å². The molecule has 0 unspecified atom stereocenters. The molecule has 0 aliphatic carbocycles. The molecule has 1 aromatic carbocycles. The molecule has 0 radical (unpaired) electrons. The summed E-state index contributed by atoms with van der Waals surface area (Å²) in [6.07, 6.45) is 6.33. The number of likely N-dealkylation sites (tertiary alicyclic amines) is 1. The topological polar surface area (TPSA) is 213 Å². The molecule has 6 N–H and O–H groups in total. The van der Waals surface area contributed by atoms with Crippen molar-refractivity contribution in [2.75, 3.05) is 32.0 Å². The fourth-order valence-corrected chi connectivity index (χ4v) is 8.83. The third-order valence-corrected chi connectivity index (χ3v) is 12.9. The van der Waals surface area contributed by atoms with Crippen molar-refractivity contribution in [3.05, 3.63) is 45.7 Å². The molecule has 1 aliphatic heterocycles. The Balaban J connectivity index is 1.95. The lowest BCUT2D eigenvalue weighted by molar-refractivity contribution is -0.150. The van der Waals surface area contributed by atoms with Crippen LogP contribution in [-0.4, -0.2) is 106 Å². The largest absolute Gasteiger partial charge is 0.481 e. The number of aliphatic carboxylic acids is 1. The minimum atomic E-state index is -1.27. The van der Waals surface area contributed by atoms with Crippen molar-refractivity contribution in [3.63, 3.8) is 0 Å². The third kappa shape index (κ3) is 15.9. The van der Waals surface area contributed by atoms with Gasteiger partial charge in [-0.1, -0.05) is 72.8 Å². The Hall–Kier alpha value is -4.48. The van der Waals surface area contributed by atoms with Gasteiger partial charge in [0.1, 0.15) is 22.6 Å². The summed E-state index contributed by atoms with van der Waals surface area (Å²) >= 11 is 1.12. The number of nitrogens with zero attached hydrogens (tertiary/aromatic N) is 3. The molecule has 1 fully saturated rings. The molecule has 4 amide bonds. The Kier molecular flexibility index (Phi) is 21.1. The van der Waals surface area contributed by atoms with Crippen LogP contribution in [0, 0.1) is 23.1 Å². The number of carbonyl (C=O) groups is 6. The molecule has 15 nitrogen and oxygen atoms in total. The molecule has 17 heteroatoms. The Morgan fingerprint density at radius 2 is 1.79 bits per heavy atom. The molecule has 0 spiro atoms. The summed E-state index contributed by atoms with van der Waals surface area (Å²) in [5.74, 6) is -4.14. The summed E-state index contributed by atoms with van der Waals surface area (Å²) in [7, 11) is 1.94. The van der Waals surface area contributed by atoms with E-state index in [0.717, 1.165) is 62.8 Å². The number of halogens is 1. The number of carboxylic acids is 1. The van der Waals surface area contributed by atoms with Gasteiger partial charge >= 0.3 is 11.9 Å². The van der Waals surface area contributed by atoms with Gasteiger partial charge in [0.05, 0.1) is 23.7 Å². The zero-order valence-electron chi connectivity index (χ0n) is 38.8. The second kappa shape index (κ2) is 25.1. The zero-order valence-corrected chi connectivity index (χ0v) is 39.6. The number of hydrogen-bond donors (Lipinski definition) is 5. The average molecular weight is 902 g/mol. The summed E-state index contributed by atoms with van der Waals surface area (Å²) in [4.78, 5) is 87.6. The number of carboxylic acid groups (broad SMARTS) is 1. The third-order valence-electron chi connectivity index (χ3n) is 12.0. The van der Waals surface area contributed by atoms with E-state index in [4.69, 9.17) is 10.5 Å². The van der Waals surface area contributed by atoms with Gasteiger partial charge in [0, 0.05) is 37.4 Å². The predicted octanol–water partition coefficient (Wildman–Crippen LogP) is 6.46. The van der Waals surface area contributed by atoms with Gasteiger partial charge in [-0.05, 0) is 89.1 Å². The second-order valence-electron chi connectivity index (χ2n) is 18.0. The first kappa shape index (κ1) is 52.9. The molecule has 63 heavy (non-hydrogen) atoms. The number of rotatable bonds is 25. The SMILES string of the molecule is CCCCCCN(C(=O)[C@@H](NC(=O)[C@H]1CCCCN1C)[C@@H](C)CC)[C@H](C[C@@H](OC(C)=O)c1nc(C(=O)N[C@@H](Cc2ccc(NC(=O)CN)c(F)c2)CC(C)(C)C(=O)O)cs1)C(C)C. The summed E-state index contributed by atoms with van der Waals surface area (Å²) in [5, 5.41) is 20.2. The van der Waals surface area contributed by atoms with E-state index in [1.165, 1.54) is 38.3 Å². The number of benzene rings is 1. The average Bonchev–Trinajstić information content (AvgIpc) is 3.73. The van der Waals surface area contributed by atoms with Crippen LogP contribution in [0.2, 0.25) is 0 Å². The van der Waals surface area contributed by atoms with Crippen LogP contribution < -0.4 is 21.7 Å². The fraction of sp³-hybridized carbons (Fsp3) is 0.674. The molecule has 6 atom stereocenters. The second-order valence-corrected chi connectivity index (χ2v) is 18.9. The molecular weight excluding hydrogens is 830 g/mol. The summed E-state index contributed by atoms with van der Waals surface area (Å²) in [5.41, 5.74) is 4.47. The lowest BCUT2D eigenvalue weighted by atomic mass is 9.84. The van der Waals surface area contributed by atoms with Gasteiger partial charge in [-0.25, -0.2) is 9.37 Å². The van der Waals surface area contributed by atoms with E-state index in [1.54, 1.807) is 6.07 Å². The number of nitrogens with two attached hydrogens (primary N) is 1. The maximum atomic E-state index is 15.0. The van der Waals surface area contributed by atoms with Crippen LogP contribution in [0.3, 0.4) is 0 Å². The number of thiazole rings is 1. The molecule has 0 bridgehead atoms. The van der Waals surface area contributed by atoms with E-state index in [-0.39, 0.29) is 66.9 Å². The number of unbranched alkanes of at least 4 members (excludes halogenated alkanes) is 3. The van der Waals surface area contributed by atoms with Gasteiger partial charge in [0.25, 0.3) is 5.91 Å².